The second-order valence-electron chi connectivity index (χ2n) is 3.96. The summed E-state index contributed by atoms with van der Waals surface area (Å²) >= 11 is 3.77. The first-order valence-corrected chi connectivity index (χ1v) is 8.84. The molecule has 0 unspecified atom stereocenters. The van der Waals surface area contributed by atoms with E-state index in [4.69, 9.17) is 9.47 Å². The zero-order chi connectivity index (χ0) is 16.5. The summed E-state index contributed by atoms with van der Waals surface area (Å²) in [5.74, 6) is 5.26. The Morgan fingerprint density at radius 2 is 1.18 bits per heavy atom. The van der Waals surface area contributed by atoms with E-state index < -0.39 is 12.2 Å². The van der Waals surface area contributed by atoms with E-state index in [9.17, 15) is 9.59 Å². The van der Waals surface area contributed by atoms with Gasteiger partial charge in [-0.3, -0.25) is 0 Å². The predicted octanol–water partition coefficient (Wildman–Crippen LogP) is 2.79. The number of alkyl carbamates (subject to hydrolysis) is 2. The van der Waals surface area contributed by atoms with Crippen molar-refractivity contribution in [2.45, 2.75) is 25.7 Å². The van der Waals surface area contributed by atoms with Gasteiger partial charge in [-0.25, -0.2) is 9.59 Å². The number of nitrogens with one attached hydrogen (secondary N) is 2. The average molecular weight is 532 g/mol. The number of unbranched alkanes of at least 4 members (excludes halogenated alkanes) is 3. The zero-order valence-corrected chi connectivity index (χ0v) is 16.4. The molecule has 0 saturated carbocycles. The summed E-state index contributed by atoms with van der Waals surface area (Å²) in [4.78, 5) is 22.3. The lowest BCUT2D eigenvalue weighted by molar-refractivity contribution is 0.158. The highest BCUT2D eigenvalue weighted by Crippen LogP contribution is 1.98. The molecule has 0 radical (unpaired) electrons. The SMILES string of the molecule is O=C(NCCCCCCNC(=O)OCC#CI)OCC#CI. The van der Waals surface area contributed by atoms with E-state index >= 15 is 0 Å². The van der Waals surface area contributed by atoms with Crippen LogP contribution in [0.1, 0.15) is 25.7 Å². The fourth-order valence-electron chi connectivity index (χ4n) is 1.34. The lowest BCUT2D eigenvalue weighted by Gasteiger charge is -2.06. The number of amides is 2. The summed E-state index contributed by atoms with van der Waals surface area (Å²) in [6.07, 6.45) is 2.76. The Labute approximate surface area is 158 Å². The molecule has 22 heavy (non-hydrogen) atoms. The number of rotatable bonds is 9. The summed E-state index contributed by atoms with van der Waals surface area (Å²) in [6, 6.07) is 0. The third-order valence-electron chi connectivity index (χ3n) is 2.33. The van der Waals surface area contributed by atoms with Gasteiger partial charge in [0.2, 0.25) is 0 Å². The molecule has 0 saturated heterocycles. The van der Waals surface area contributed by atoms with E-state index in [-0.39, 0.29) is 13.2 Å². The van der Waals surface area contributed by atoms with Crippen LogP contribution in [-0.4, -0.2) is 38.5 Å². The van der Waals surface area contributed by atoms with E-state index in [0.717, 1.165) is 25.7 Å². The van der Waals surface area contributed by atoms with Gasteiger partial charge in [0.1, 0.15) is 0 Å². The van der Waals surface area contributed by atoms with Crippen molar-refractivity contribution >= 4 is 57.4 Å². The van der Waals surface area contributed by atoms with Crippen LogP contribution in [0, 0.1) is 19.7 Å². The van der Waals surface area contributed by atoms with Gasteiger partial charge in [-0.15, -0.1) is 0 Å². The lowest BCUT2D eigenvalue weighted by Crippen LogP contribution is -2.26. The van der Waals surface area contributed by atoms with Crippen LogP contribution in [0.4, 0.5) is 9.59 Å². The van der Waals surface area contributed by atoms with Crippen molar-refractivity contribution < 1.29 is 19.1 Å². The highest BCUT2D eigenvalue weighted by Gasteiger charge is 2.00. The molecule has 8 heteroatoms. The molecule has 0 aliphatic rings. The van der Waals surface area contributed by atoms with Crippen LogP contribution in [0.25, 0.3) is 0 Å². The van der Waals surface area contributed by atoms with Crippen LogP contribution in [0.15, 0.2) is 0 Å². The molecule has 0 atom stereocenters. The molecular weight excluding hydrogens is 514 g/mol. The van der Waals surface area contributed by atoms with Crippen molar-refractivity contribution in [2.24, 2.45) is 0 Å². The maximum absolute atomic E-state index is 11.2. The van der Waals surface area contributed by atoms with Crippen molar-refractivity contribution in [3.63, 3.8) is 0 Å². The Hall–Kier alpha value is -0.880. The van der Waals surface area contributed by atoms with Crippen molar-refractivity contribution in [3.05, 3.63) is 0 Å². The number of carbonyl (C=O) groups is 2. The maximum atomic E-state index is 11.2. The first-order chi connectivity index (χ1) is 10.7. The standard InChI is InChI=1S/C14H18I2N2O4/c15-7-5-11-21-13(19)17-9-3-1-2-4-10-18-14(20)22-12-6-8-16/h1-4,9-12H2,(H,17,19)(H,18,20). The molecule has 0 heterocycles. The van der Waals surface area contributed by atoms with E-state index in [1.54, 1.807) is 0 Å². The summed E-state index contributed by atoms with van der Waals surface area (Å²) in [6.45, 7) is 1.36. The first kappa shape index (κ1) is 21.1. The molecule has 2 N–H and O–H groups in total. The predicted molar refractivity (Wildman–Crippen MR) is 101 cm³/mol. The van der Waals surface area contributed by atoms with Crippen LogP contribution < -0.4 is 10.6 Å². The Bertz CT molecular complexity index is 407. The third-order valence-corrected chi connectivity index (χ3v) is 3.09. The van der Waals surface area contributed by atoms with Gasteiger partial charge in [0.05, 0.1) is 0 Å². The number of ether oxygens (including phenoxy) is 2. The van der Waals surface area contributed by atoms with Gasteiger partial charge in [0.25, 0.3) is 0 Å². The minimum absolute atomic E-state index is 0.111. The van der Waals surface area contributed by atoms with Gasteiger partial charge in [0, 0.05) is 58.3 Å². The smallest absolute Gasteiger partial charge is 0.408 e. The second-order valence-corrected chi connectivity index (χ2v) is 5.04. The van der Waals surface area contributed by atoms with Gasteiger partial charge in [-0.2, -0.15) is 0 Å². The van der Waals surface area contributed by atoms with E-state index in [0.29, 0.717) is 13.1 Å². The monoisotopic (exact) mass is 532 g/mol. The molecule has 0 aromatic carbocycles. The first-order valence-electron chi connectivity index (χ1n) is 6.69. The molecule has 0 aliphatic carbocycles. The number of halogens is 2. The number of hydrogen-bond donors (Lipinski definition) is 2. The Morgan fingerprint density at radius 1 is 0.773 bits per heavy atom. The molecule has 122 valence electrons. The van der Waals surface area contributed by atoms with Gasteiger partial charge < -0.3 is 20.1 Å². The normalized spacial score (nSPS) is 8.64. The summed E-state index contributed by atoms with van der Waals surface area (Å²) in [5.41, 5.74) is 0. The minimum Gasteiger partial charge on any atom is -0.436 e. The molecule has 6 nitrogen and oxygen atoms in total. The molecule has 2 amide bonds. The van der Waals surface area contributed by atoms with Gasteiger partial charge in [-0.05, 0) is 20.7 Å². The molecule has 0 fully saturated rings. The van der Waals surface area contributed by atoms with Crippen molar-refractivity contribution in [1.82, 2.24) is 10.6 Å². The molecule has 0 bridgehead atoms. The van der Waals surface area contributed by atoms with E-state index in [2.05, 4.69) is 30.3 Å². The lowest BCUT2D eigenvalue weighted by atomic mass is 10.2. The molecular formula is C14H18I2N2O4. The molecule has 0 aliphatic heterocycles. The van der Waals surface area contributed by atoms with Crippen LogP contribution in [0.3, 0.4) is 0 Å². The van der Waals surface area contributed by atoms with Crippen LogP contribution in [0.5, 0.6) is 0 Å². The van der Waals surface area contributed by atoms with E-state index in [1.165, 1.54) is 0 Å². The van der Waals surface area contributed by atoms with Gasteiger partial charge >= 0.3 is 12.2 Å². The summed E-state index contributed by atoms with van der Waals surface area (Å²) in [7, 11) is 0. The van der Waals surface area contributed by atoms with Crippen LogP contribution in [0.2, 0.25) is 0 Å². The van der Waals surface area contributed by atoms with Gasteiger partial charge in [-0.1, -0.05) is 24.7 Å². The Kier molecular flexibility index (Phi) is 15.8. The highest BCUT2D eigenvalue weighted by atomic mass is 127. The van der Waals surface area contributed by atoms with Crippen molar-refractivity contribution in [2.75, 3.05) is 26.3 Å². The highest BCUT2D eigenvalue weighted by molar-refractivity contribution is 14.1. The van der Waals surface area contributed by atoms with Crippen molar-refractivity contribution in [3.8, 4) is 19.7 Å². The minimum atomic E-state index is -0.446. The maximum Gasteiger partial charge on any atom is 0.408 e. The third kappa shape index (κ3) is 15.5. The Morgan fingerprint density at radius 3 is 1.55 bits per heavy atom. The Balaban J connectivity index is 3.31. The van der Waals surface area contributed by atoms with Crippen LogP contribution >= 0.6 is 45.2 Å². The topological polar surface area (TPSA) is 76.7 Å². The quantitative estimate of drug-likeness (QED) is 0.272. The van der Waals surface area contributed by atoms with Crippen LogP contribution in [-0.2, 0) is 9.47 Å². The molecule has 0 aromatic rings. The number of carbonyl (C=O) groups excluding carboxylic acids is 2. The largest absolute Gasteiger partial charge is 0.436 e. The van der Waals surface area contributed by atoms with Crippen molar-refractivity contribution in [1.29, 1.82) is 0 Å². The number of hydrogen-bond acceptors (Lipinski definition) is 4. The molecule has 0 spiro atoms. The fraction of sp³-hybridized carbons (Fsp3) is 0.571. The van der Waals surface area contributed by atoms with E-state index in [1.807, 2.05) is 45.2 Å². The summed E-state index contributed by atoms with van der Waals surface area (Å²) in [5, 5.41) is 5.29. The van der Waals surface area contributed by atoms with Gasteiger partial charge in [0.15, 0.2) is 13.2 Å². The molecule has 0 aromatic heterocycles. The fourth-order valence-corrected chi connectivity index (χ4v) is 1.66. The second kappa shape index (κ2) is 16.5. The molecule has 0 rings (SSSR count). The zero-order valence-electron chi connectivity index (χ0n) is 12.0. The average Bonchev–Trinajstić information content (AvgIpc) is 2.50. The summed E-state index contributed by atoms with van der Waals surface area (Å²) < 4.78 is 14.8.